The van der Waals surface area contributed by atoms with E-state index in [4.69, 9.17) is 5.73 Å². The van der Waals surface area contributed by atoms with Crippen LogP contribution in [0, 0.1) is 17.5 Å². The third-order valence-electron chi connectivity index (χ3n) is 4.54. The zero-order chi connectivity index (χ0) is 22.2. The Labute approximate surface area is 177 Å². The summed E-state index contributed by atoms with van der Waals surface area (Å²) in [5.74, 6) is -2.34. The molecular formula is C20H22F3N7O. The molecular weight excluding hydrogens is 411 g/mol. The number of nitrogens with one attached hydrogen (secondary N) is 2. The SMILES string of the molecule is N/C=C(\C=NCCN1CCCC1=O)Nc1nccc(NCc2c(F)cc(F)cc2F)n1. The molecule has 1 aliphatic rings. The van der Waals surface area contributed by atoms with Crippen molar-refractivity contribution in [2.24, 2.45) is 10.7 Å². The molecule has 1 aliphatic heterocycles. The van der Waals surface area contributed by atoms with Crippen molar-refractivity contribution >= 4 is 23.9 Å². The van der Waals surface area contributed by atoms with Crippen molar-refractivity contribution in [2.75, 3.05) is 30.3 Å². The quantitative estimate of drug-likeness (QED) is 0.524. The van der Waals surface area contributed by atoms with E-state index in [1.54, 1.807) is 4.90 Å². The maximum absolute atomic E-state index is 13.8. The minimum Gasteiger partial charge on any atom is -0.403 e. The topological polar surface area (TPSA) is 109 Å². The summed E-state index contributed by atoms with van der Waals surface area (Å²) in [4.78, 5) is 25.8. The van der Waals surface area contributed by atoms with Crippen LogP contribution < -0.4 is 16.4 Å². The number of halogens is 3. The van der Waals surface area contributed by atoms with Gasteiger partial charge in [0.1, 0.15) is 23.3 Å². The second kappa shape index (κ2) is 10.4. The molecule has 1 aromatic carbocycles. The maximum Gasteiger partial charge on any atom is 0.229 e. The molecule has 1 saturated heterocycles. The molecule has 11 heteroatoms. The highest BCUT2D eigenvalue weighted by atomic mass is 19.1. The Hall–Kier alpha value is -3.63. The highest BCUT2D eigenvalue weighted by Crippen LogP contribution is 2.17. The van der Waals surface area contributed by atoms with E-state index in [1.165, 1.54) is 24.7 Å². The first-order valence-electron chi connectivity index (χ1n) is 9.63. The number of amides is 1. The number of hydrogen-bond acceptors (Lipinski definition) is 7. The molecule has 0 spiro atoms. The Morgan fingerprint density at radius 1 is 1.29 bits per heavy atom. The lowest BCUT2D eigenvalue weighted by Crippen LogP contribution is -2.27. The van der Waals surface area contributed by atoms with E-state index in [2.05, 4.69) is 25.6 Å². The second-order valence-corrected chi connectivity index (χ2v) is 6.73. The van der Waals surface area contributed by atoms with Gasteiger partial charge in [-0.05, 0) is 12.5 Å². The predicted octanol–water partition coefficient (Wildman–Crippen LogP) is 2.41. The Morgan fingerprint density at radius 2 is 2.06 bits per heavy atom. The van der Waals surface area contributed by atoms with Crippen LogP contribution in [0.2, 0.25) is 0 Å². The van der Waals surface area contributed by atoms with Crippen LogP contribution in [0.4, 0.5) is 24.9 Å². The normalized spacial score (nSPS) is 14.5. The number of anilines is 2. The molecule has 3 rings (SSSR count). The van der Waals surface area contributed by atoms with Crippen LogP contribution in [-0.4, -0.2) is 46.6 Å². The first-order valence-corrected chi connectivity index (χ1v) is 9.63. The van der Waals surface area contributed by atoms with Gasteiger partial charge in [-0.25, -0.2) is 18.2 Å². The smallest absolute Gasteiger partial charge is 0.229 e. The Morgan fingerprint density at radius 3 is 2.74 bits per heavy atom. The highest BCUT2D eigenvalue weighted by molar-refractivity contribution is 5.82. The molecule has 1 amide bonds. The van der Waals surface area contributed by atoms with E-state index in [0.717, 1.165) is 13.0 Å². The second-order valence-electron chi connectivity index (χ2n) is 6.73. The Kier molecular flexibility index (Phi) is 7.41. The molecule has 4 N–H and O–H groups in total. The Bertz CT molecular complexity index is 973. The molecule has 0 radical (unpaired) electrons. The lowest BCUT2D eigenvalue weighted by atomic mass is 10.2. The fourth-order valence-corrected chi connectivity index (χ4v) is 2.97. The van der Waals surface area contributed by atoms with Gasteiger partial charge >= 0.3 is 0 Å². The van der Waals surface area contributed by atoms with Crippen LogP contribution in [0.5, 0.6) is 0 Å². The van der Waals surface area contributed by atoms with Crippen LogP contribution >= 0.6 is 0 Å². The number of benzene rings is 1. The van der Waals surface area contributed by atoms with E-state index < -0.39 is 17.5 Å². The highest BCUT2D eigenvalue weighted by Gasteiger charge is 2.18. The zero-order valence-corrected chi connectivity index (χ0v) is 16.6. The van der Waals surface area contributed by atoms with Gasteiger partial charge in [0.2, 0.25) is 11.9 Å². The first-order chi connectivity index (χ1) is 15.0. The summed E-state index contributed by atoms with van der Waals surface area (Å²) in [7, 11) is 0. The number of likely N-dealkylation sites (tertiary alicyclic amines) is 1. The molecule has 31 heavy (non-hydrogen) atoms. The van der Waals surface area contributed by atoms with Crippen molar-refractivity contribution in [1.82, 2.24) is 14.9 Å². The van der Waals surface area contributed by atoms with Crippen LogP contribution in [0.25, 0.3) is 0 Å². The molecule has 164 valence electrons. The molecule has 2 heterocycles. The third kappa shape index (κ3) is 6.17. The molecule has 2 aromatic rings. The number of nitrogens with zero attached hydrogens (tertiary/aromatic N) is 4. The van der Waals surface area contributed by atoms with Crippen LogP contribution in [0.15, 0.2) is 41.3 Å². The van der Waals surface area contributed by atoms with Crippen molar-refractivity contribution < 1.29 is 18.0 Å². The summed E-state index contributed by atoms with van der Waals surface area (Å²) in [5, 5.41) is 5.65. The number of hydrogen-bond donors (Lipinski definition) is 3. The number of aromatic nitrogens is 2. The standard InChI is InChI=1S/C20H22F3N7O/c21-13-8-16(22)15(17(23)9-13)12-27-18-3-4-26-20(29-18)28-14(10-24)11-25-5-7-30-6-1-2-19(30)31/h3-4,8-11H,1-2,5-7,12,24H2,(H2,26,27,28,29)/b14-10+,25-11?. The van der Waals surface area contributed by atoms with Crippen molar-refractivity contribution in [3.8, 4) is 0 Å². The maximum atomic E-state index is 13.8. The van der Waals surface area contributed by atoms with Gasteiger partial charge in [-0.1, -0.05) is 0 Å². The van der Waals surface area contributed by atoms with Crippen molar-refractivity contribution in [2.45, 2.75) is 19.4 Å². The van der Waals surface area contributed by atoms with Crippen LogP contribution in [-0.2, 0) is 11.3 Å². The van der Waals surface area contributed by atoms with Crippen molar-refractivity contribution in [1.29, 1.82) is 0 Å². The largest absolute Gasteiger partial charge is 0.403 e. The van der Waals surface area contributed by atoms with Gasteiger partial charge in [-0.3, -0.25) is 9.79 Å². The third-order valence-corrected chi connectivity index (χ3v) is 4.54. The van der Waals surface area contributed by atoms with Gasteiger partial charge < -0.3 is 21.3 Å². The number of carbonyl (C=O) groups excluding carboxylic acids is 1. The van der Waals surface area contributed by atoms with Gasteiger partial charge in [0.15, 0.2) is 0 Å². The number of nitrogens with two attached hydrogens (primary N) is 1. The van der Waals surface area contributed by atoms with Gasteiger partial charge in [-0.15, -0.1) is 0 Å². The predicted molar refractivity (Wildman–Crippen MR) is 111 cm³/mol. The summed E-state index contributed by atoms with van der Waals surface area (Å²) in [6, 6.07) is 2.74. The lowest BCUT2D eigenvalue weighted by molar-refractivity contribution is -0.127. The van der Waals surface area contributed by atoms with E-state index in [0.29, 0.717) is 43.2 Å². The van der Waals surface area contributed by atoms with Gasteiger partial charge in [0.25, 0.3) is 0 Å². The van der Waals surface area contributed by atoms with Gasteiger partial charge in [0, 0.05) is 62.4 Å². The van der Waals surface area contributed by atoms with E-state index in [-0.39, 0.29) is 24.0 Å². The van der Waals surface area contributed by atoms with Crippen LogP contribution in [0.1, 0.15) is 18.4 Å². The number of rotatable bonds is 9. The Balaban J connectivity index is 1.55. The monoisotopic (exact) mass is 433 g/mol. The van der Waals surface area contributed by atoms with Crippen LogP contribution in [0.3, 0.4) is 0 Å². The number of aliphatic imine (C=N–C) groups is 1. The summed E-state index contributed by atoms with van der Waals surface area (Å²) < 4.78 is 40.5. The number of allylic oxidation sites excluding steroid dienone is 1. The average molecular weight is 433 g/mol. The fourth-order valence-electron chi connectivity index (χ4n) is 2.97. The fraction of sp³-hybridized carbons (Fsp3) is 0.300. The minimum atomic E-state index is -0.988. The minimum absolute atomic E-state index is 0.140. The molecule has 0 bridgehead atoms. The van der Waals surface area contributed by atoms with Gasteiger partial charge in [0.05, 0.1) is 12.2 Å². The molecule has 0 atom stereocenters. The lowest BCUT2D eigenvalue weighted by Gasteiger charge is -2.13. The van der Waals surface area contributed by atoms with Crippen molar-refractivity contribution in [3.05, 3.63) is 59.3 Å². The average Bonchev–Trinajstić information content (AvgIpc) is 3.14. The first kappa shape index (κ1) is 22.1. The molecule has 8 nitrogen and oxygen atoms in total. The van der Waals surface area contributed by atoms with Crippen molar-refractivity contribution in [3.63, 3.8) is 0 Å². The summed E-state index contributed by atoms with van der Waals surface area (Å²) in [6.45, 7) is 1.50. The van der Waals surface area contributed by atoms with E-state index in [9.17, 15) is 18.0 Å². The summed E-state index contributed by atoms with van der Waals surface area (Å²) in [6.07, 6.45) is 5.70. The molecule has 0 saturated carbocycles. The van der Waals surface area contributed by atoms with Gasteiger partial charge in [-0.2, -0.15) is 4.98 Å². The molecule has 1 fully saturated rings. The molecule has 1 aromatic heterocycles. The molecule has 0 aliphatic carbocycles. The summed E-state index contributed by atoms with van der Waals surface area (Å²) >= 11 is 0. The summed E-state index contributed by atoms with van der Waals surface area (Å²) in [5.41, 5.74) is 5.73. The van der Waals surface area contributed by atoms with E-state index >= 15 is 0 Å². The number of carbonyl (C=O) groups is 1. The zero-order valence-electron chi connectivity index (χ0n) is 16.6. The molecule has 0 unspecified atom stereocenters. The van der Waals surface area contributed by atoms with E-state index in [1.807, 2.05) is 0 Å².